The van der Waals surface area contributed by atoms with E-state index < -0.39 is 0 Å². The second kappa shape index (κ2) is 6.70. The molecule has 4 nitrogen and oxygen atoms in total. The van der Waals surface area contributed by atoms with Gasteiger partial charge in [0, 0.05) is 28.7 Å². The van der Waals surface area contributed by atoms with Crippen molar-refractivity contribution in [3.05, 3.63) is 91.0 Å². The zero-order valence-electron chi connectivity index (χ0n) is 14.7. The van der Waals surface area contributed by atoms with Crippen molar-refractivity contribution in [2.45, 2.75) is 0 Å². The lowest BCUT2D eigenvalue weighted by Crippen LogP contribution is -1.95. The lowest BCUT2D eigenvalue weighted by Gasteiger charge is -2.13. The number of aromatic nitrogens is 3. The number of fused-ring (bicyclic) bond motifs is 2. The molecule has 0 radical (unpaired) electrons. The van der Waals surface area contributed by atoms with Gasteiger partial charge in [0.1, 0.15) is 17.3 Å². The molecule has 28 heavy (non-hydrogen) atoms. The summed E-state index contributed by atoms with van der Waals surface area (Å²) in [6, 6.07) is 21.6. The van der Waals surface area contributed by atoms with Crippen molar-refractivity contribution in [1.82, 2.24) is 15.0 Å². The second-order valence-corrected chi connectivity index (χ2v) is 6.32. The molecule has 0 saturated heterocycles. The summed E-state index contributed by atoms with van der Waals surface area (Å²) < 4.78 is 20.0. The molecule has 2 aromatic carbocycles. The van der Waals surface area contributed by atoms with E-state index in [-0.39, 0.29) is 5.82 Å². The monoisotopic (exact) mass is 367 g/mol. The molecule has 0 spiro atoms. The van der Waals surface area contributed by atoms with Gasteiger partial charge in [-0.1, -0.05) is 30.3 Å². The fraction of sp³-hybridized carbons (Fsp3) is 0. The van der Waals surface area contributed by atoms with Gasteiger partial charge < -0.3 is 4.74 Å². The predicted octanol–water partition coefficient (Wildman–Crippen LogP) is 5.78. The molecule has 3 aromatic heterocycles. The first-order chi connectivity index (χ1) is 13.8. The van der Waals surface area contributed by atoms with Gasteiger partial charge in [-0.15, -0.1) is 0 Å². The highest BCUT2D eigenvalue weighted by atomic mass is 19.1. The van der Waals surface area contributed by atoms with Crippen LogP contribution in [0.4, 0.5) is 4.39 Å². The van der Waals surface area contributed by atoms with E-state index in [1.54, 1.807) is 24.5 Å². The highest BCUT2D eigenvalue weighted by Gasteiger charge is 2.14. The van der Waals surface area contributed by atoms with E-state index in [9.17, 15) is 4.39 Å². The van der Waals surface area contributed by atoms with E-state index in [0.29, 0.717) is 33.7 Å². The van der Waals surface area contributed by atoms with Crippen LogP contribution in [0.1, 0.15) is 0 Å². The maximum atomic E-state index is 13.8. The molecular formula is C23H14FN3O. The number of rotatable bonds is 3. The van der Waals surface area contributed by atoms with Crippen molar-refractivity contribution in [2.24, 2.45) is 0 Å². The number of ether oxygens (including phenoxy) is 1. The Morgan fingerprint density at radius 1 is 0.750 bits per heavy atom. The molecule has 5 rings (SSSR count). The van der Waals surface area contributed by atoms with Crippen molar-refractivity contribution in [2.75, 3.05) is 0 Å². The van der Waals surface area contributed by atoms with E-state index in [1.165, 1.54) is 12.1 Å². The van der Waals surface area contributed by atoms with Crippen LogP contribution >= 0.6 is 0 Å². The third-order valence-corrected chi connectivity index (χ3v) is 4.49. The van der Waals surface area contributed by atoms with Gasteiger partial charge in [-0.05, 0) is 42.5 Å². The van der Waals surface area contributed by atoms with Crippen LogP contribution in [0.25, 0.3) is 33.2 Å². The third kappa shape index (κ3) is 2.93. The maximum Gasteiger partial charge on any atom is 0.160 e. The molecule has 0 bridgehead atoms. The number of hydrogen-bond acceptors (Lipinski definition) is 4. The molecule has 5 heteroatoms. The summed E-state index contributed by atoms with van der Waals surface area (Å²) in [4.78, 5) is 13.3. The summed E-state index contributed by atoms with van der Waals surface area (Å²) in [7, 11) is 0. The van der Waals surface area contributed by atoms with Crippen LogP contribution < -0.4 is 4.74 Å². The zero-order chi connectivity index (χ0) is 18.9. The minimum atomic E-state index is -0.338. The molecule has 0 saturated carbocycles. The molecule has 0 fully saturated rings. The Morgan fingerprint density at radius 2 is 1.64 bits per heavy atom. The smallest absolute Gasteiger partial charge is 0.160 e. The summed E-state index contributed by atoms with van der Waals surface area (Å²) in [6.45, 7) is 0. The summed E-state index contributed by atoms with van der Waals surface area (Å²) in [5, 5.41) is 1.47. The van der Waals surface area contributed by atoms with Gasteiger partial charge in [0.05, 0.1) is 5.52 Å². The quantitative estimate of drug-likeness (QED) is 0.406. The molecule has 0 N–H and O–H groups in total. The lowest BCUT2D eigenvalue weighted by atomic mass is 10.1. The highest BCUT2D eigenvalue weighted by Crippen LogP contribution is 2.36. The third-order valence-electron chi connectivity index (χ3n) is 4.49. The Morgan fingerprint density at radius 3 is 2.54 bits per heavy atom. The summed E-state index contributed by atoms with van der Waals surface area (Å²) >= 11 is 0. The minimum absolute atomic E-state index is 0.338. The Labute approximate surface area is 160 Å². The van der Waals surface area contributed by atoms with Gasteiger partial charge in [0.15, 0.2) is 11.4 Å². The number of hydrogen-bond donors (Lipinski definition) is 0. The van der Waals surface area contributed by atoms with Crippen LogP contribution in [0, 0.1) is 5.82 Å². The van der Waals surface area contributed by atoms with E-state index in [4.69, 9.17) is 9.72 Å². The molecule has 0 aliphatic carbocycles. The van der Waals surface area contributed by atoms with Crippen LogP contribution in [-0.4, -0.2) is 15.0 Å². The predicted molar refractivity (Wildman–Crippen MR) is 107 cm³/mol. The average molecular weight is 367 g/mol. The minimum Gasteiger partial charge on any atom is -0.454 e. The molecule has 5 aromatic rings. The Kier molecular flexibility index (Phi) is 3.91. The maximum absolute atomic E-state index is 13.8. The SMILES string of the molecule is Fc1ccc2nccc(Oc3cc4cccnc4nc3-c3ccccc3)c2c1. The summed E-state index contributed by atoms with van der Waals surface area (Å²) in [6.07, 6.45) is 3.36. The summed E-state index contributed by atoms with van der Waals surface area (Å²) in [5.74, 6) is 0.754. The number of halogens is 1. The molecule has 134 valence electrons. The van der Waals surface area contributed by atoms with E-state index >= 15 is 0 Å². The van der Waals surface area contributed by atoms with Crippen molar-refractivity contribution in [1.29, 1.82) is 0 Å². The van der Waals surface area contributed by atoms with Crippen molar-refractivity contribution in [3.8, 4) is 22.8 Å². The molecule has 3 heterocycles. The Hall–Kier alpha value is -3.86. The van der Waals surface area contributed by atoms with Crippen LogP contribution in [0.5, 0.6) is 11.5 Å². The molecular weight excluding hydrogens is 353 g/mol. The fourth-order valence-corrected chi connectivity index (χ4v) is 3.17. The first kappa shape index (κ1) is 16.3. The van der Waals surface area contributed by atoms with E-state index in [1.807, 2.05) is 48.5 Å². The molecule has 0 unspecified atom stereocenters. The zero-order valence-corrected chi connectivity index (χ0v) is 14.7. The Bertz CT molecular complexity index is 1310. The van der Waals surface area contributed by atoms with E-state index in [2.05, 4.69) is 9.97 Å². The topological polar surface area (TPSA) is 47.9 Å². The normalized spacial score (nSPS) is 11.0. The first-order valence-corrected chi connectivity index (χ1v) is 8.81. The second-order valence-electron chi connectivity index (χ2n) is 6.32. The van der Waals surface area contributed by atoms with Gasteiger partial charge in [-0.3, -0.25) is 4.98 Å². The Balaban J connectivity index is 1.71. The molecule has 0 aliphatic heterocycles. The number of pyridine rings is 3. The number of benzene rings is 2. The van der Waals surface area contributed by atoms with Crippen molar-refractivity contribution in [3.63, 3.8) is 0 Å². The van der Waals surface area contributed by atoms with Crippen LogP contribution in [0.3, 0.4) is 0 Å². The fourth-order valence-electron chi connectivity index (χ4n) is 3.17. The molecule has 0 atom stereocenters. The van der Waals surface area contributed by atoms with Gasteiger partial charge >= 0.3 is 0 Å². The van der Waals surface area contributed by atoms with Gasteiger partial charge in [-0.2, -0.15) is 0 Å². The summed E-state index contributed by atoms with van der Waals surface area (Å²) in [5.41, 5.74) is 2.89. The molecule has 0 amide bonds. The molecule has 0 aliphatic rings. The largest absolute Gasteiger partial charge is 0.454 e. The van der Waals surface area contributed by atoms with Gasteiger partial charge in [0.2, 0.25) is 0 Å². The van der Waals surface area contributed by atoms with Crippen LogP contribution in [-0.2, 0) is 0 Å². The van der Waals surface area contributed by atoms with Crippen molar-refractivity contribution < 1.29 is 9.13 Å². The van der Waals surface area contributed by atoms with Crippen LogP contribution in [0.2, 0.25) is 0 Å². The average Bonchev–Trinajstić information content (AvgIpc) is 2.74. The lowest BCUT2D eigenvalue weighted by molar-refractivity contribution is 0.488. The highest BCUT2D eigenvalue weighted by molar-refractivity contribution is 5.86. The van der Waals surface area contributed by atoms with Gasteiger partial charge in [-0.25, -0.2) is 14.4 Å². The number of nitrogens with zero attached hydrogens (tertiary/aromatic N) is 3. The van der Waals surface area contributed by atoms with Crippen molar-refractivity contribution >= 4 is 21.9 Å². The van der Waals surface area contributed by atoms with Crippen LogP contribution in [0.15, 0.2) is 85.2 Å². The van der Waals surface area contributed by atoms with Gasteiger partial charge in [0.25, 0.3) is 0 Å². The standard InChI is InChI=1S/C23H14FN3O/c24-17-8-9-19-18(14-17)20(10-12-25-19)28-21-13-16-7-4-11-26-23(16)27-22(21)15-5-2-1-3-6-15/h1-14H. The first-order valence-electron chi connectivity index (χ1n) is 8.81. The van der Waals surface area contributed by atoms with E-state index in [0.717, 1.165) is 10.9 Å².